The Morgan fingerprint density at radius 3 is 2.53 bits per heavy atom. The number of aromatic nitrogens is 2. The van der Waals surface area contributed by atoms with E-state index in [-0.39, 0.29) is 0 Å². The second-order valence-electron chi connectivity index (χ2n) is 4.28. The maximum absolute atomic E-state index is 9.30. The summed E-state index contributed by atoms with van der Waals surface area (Å²) in [6.07, 6.45) is 1.86. The van der Waals surface area contributed by atoms with Crippen LogP contribution in [-0.4, -0.2) is 16.9 Å². The smallest absolute Gasteiger partial charge is 0.143 e. The molecule has 1 aromatic heterocycles. The lowest BCUT2D eigenvalue weighted by atomic mass is 10.1. The fourth-order valence-corrected chi connectivity index (χ4v) is 1.93. The minimum atomic E-state index is -0.415. The molecule has 0 aliphatic rings. The van der Waals surface area contributed by atoms with E-state index in [4.69, 9.17) is 4.74 Å². The van der Waals surface area contributed by atoms with Gasteiger partial charge in [-0.1, -0.05) is 0 Å². The Balaban J connectivity index is 2.19. The quantitative estimate of drug-likeness (QED) is 0.912. The predicted molar refractivity (Wildman–Crippen MR) is 72.9 cm³/mol. The molecule has 0 saturated carbocycles. The average Bonchev–Trinajstić information content (AvgIpc) is 2.75. The molecule has 0 aliphatic heterocycles. The minimum Gasteiger partial charge on any atom is -0.497 e. The lowest BCUT2D eigenvalue weighted by Gasteiger charge is -2.12. The molecular weight excluding hydrogens is 240 g/mol. The molecule has 2 aromatic rings. The summed E-state index contributed by atoms with van der Waals surface area (Å²) in [4.78, 5) is 0. The third-order valence-corrected chi connectivity index (χ3v) is 2.89. The van der Waals surface area contributed by atoms with E-state index in [9.17, 15) is 5.26 Å². The molecule has 0 fully saturated rings. The molecule has 1 N–H and O–H groups in total. The second kappa shape index (κ2) is 5.44. The number of anilines is 1. The highest BCUT2D eigenvalue weighted by Gasteiger charge is 2.15. The van der Waals surface area contributed by atoms with Crippen molar-refractivity contribution in [3.05, 3.63) is 41.7 Å². The molecule has 0 saturated heterocycles. The van der Waals surface area contributed by atoms with Gasteiger partial charge in [-0.15, -0.1) is 0 Å². The van der Waals surface area contributed by atoms with Gasteiger partial charge in [0.2, 0.25) is 0 Å². The summed E-state index contributed by atoms with van der Waals surface area (Å²) in [5.74, 6) is 0.789. The predicted octanol–water partition coefficient (Wildman–Crippen LogP) is 2.41. The maximum Gasteiger partial charge on any atom is 0.143 e. The van der Waals surface area contributed by atoms with Crippen LogP contribution >= 0.6 is 0 Å². The van der Waals surface area contributed by atoms with Crippen LogP contribution in [0.5, 0.6) is 5.75 Å². The summed E-state index contributed by atoms with van der Waals surface area (Å²) in [5.41, 5.74) is 2.62. The lowest BCUT2D eigenvalue weighted by Crippen LogP contribution is -2.08. The first kappa shape index (κ1) is 13.0. The topological polar surface area (TPSA) is 62.9 Å². The maximum atomic E-state index is 9.30. The zero-order valence-corrected chi connectivity index (χ0v) is 11.2. The van der Waals surface area contributed by atoms with E-state index in [1.807, 2.05) is 44.4 Å². The Bertz CT molecular complexity index is 595. The second-order valence-corrected chi connectivity index (χ2v) is 4.28. The van der Waals surface area contributed by atoms with Crippen molar-refractivity contribution in [2.45, 2.75) is 13.0 Å². The highest BCUT2D eigenvalue weighted by atomic mass is 16.5. The monoisotopic (exact) mass is 256 g/mol. The van der Waals surface area contributed by atoms with Gasteiger partial charge in [0.25, 0.3) is 0 Å². The van der Waals surface area contributed by atoms with Crippen LogP contribution in [0, 0.1) is 18.3 Å². The molecule has 0 bridgehead atoms. The number of hydrogen-bond acceptors (Lipinski definition) is 4. The SMILES string of the molecule is COc1ccc(NC(C#N)c2cn(C)nc2C)cc1. The number of hydrogen-bond donors (Lipinski definition) is 1. The molecular formula is C14H16N4O. The largest absolute Gasteiger partial charge is 0.497 e. The van der Waals surface area contributed by atoms with Gasteiger partial charge in [0.15, 0.2) is 0 Å². The van der Waals surface area contributed by atoms with Crippen molar-refractivity contribution in [2.75, 3.05) is 12.4 Å². The van der Waals surface area contributed by atoms with E-state index < -0.39 is 6.04 Å². The standard InChI is InChI=1S/C14H16N4O/c1-10-13(9-18(2)17-10)14(8-15)16-11-4-6-12(19-3)7-5-11/h4-7,9,14,16H,1-3H3. The van der Waals surface area contributed by atoms with Crippen molar-refractivity contribution < 1.29 is 4.74 Å². The molecule has 0 amide bonds. The summed E-state index contributed by atoms with van der Waals surface area (Å²) < 4.78 is 6.81. The third-order valence-electron chi connectivity index (χ3n) is 2.89. The molecule has 98 valence electrons. The number of nitrogens with one attached hydrogen (secondary N) is 1. The Morgan fingerprint density at radius 1 is 1.37 bits per heavy atom. The normalized spacial score (nSPS) is 11.7. The molecule has 0 aliphatic carbocycles. The van der Waals surface area contributed by atoms with Crippen molar-refractivity contribution in [2.24, 2.45) is 7.05 Å². The first-order valence-corrected chi connectivity index (χ1v) is 5.94. The molecule has 0 radical (unpaired) electrons. The van der Waals surface area contributed by atoms with Gasteiger partial charge in [0.05, 0.1) is 18.9 Å². The molecule has 0 spiro atoms. The number of aryl methyl sites for hydroxylation is 2. The molecule has 2 rings (SSSR count). The summed E-state index contributed by atoms with van der Waals surface area (Å²) in [5, 5.41) is 16.7. The van der Waals surface area contributed by atoms with Crippen LogP contribution in [0.25, 0.3) is 0 Å². The van der Waals surface area contributed by atoms with Gasteiger partial charge in [-0.05, 0) is 31.2 Å². The summed E-state index contributed by atoms with van der Waals surface area (Å²) in [7, 11) is 3.47. The summed E-state index contributed by atoms with van der Waals surface area (Å²) >= 11 is 0. The van der Waals surface area contributed by atoms with E-state index in [1.54, 1.807) is 11.8 Å². The molecule has 19 heavy (non-hydrogen) atoms. The number of nitrogens with zero attached hydrogens (tertiary/aromatic N) is 3. The first-order chi connectivity index (χ1) is 9.13. The van der Waals surface area contributed by atoms with Crippen LogP contribution in [0.1, 0.15) is 17.3 Å². The van der Waals surface area contributed by atoms with Gasteiger partial charge in [-0.2, -0.15) is 10.4 Å². The van der Waals surface area contributed by atoms with Crippen LogP contribution in [0.15, 0.2) is 30.5 Å². The van der Waals surface area contributed by atoms with Gasteiger partial charge in [-0.25, -0.2) is 0 Å². The van der Waals surface area contributed by atoms with Crippen molar-refractivity contribution in [1.29, 1.82) is 5.26 Å². The molecule has 1 unspecified atom stereocenters. The third kappa shape index (κ3) is 2.86. The Labute approximate surface area is 112 Å². The first-order valence-electron chi connectivity index (χ1n) is 5.94. The van der Waals surface area contributed by atoms with Crippen molar-refractivity contribution in [3.8, 4) is 11.8 Å². The van der Waals surface area contributed by atoms with E-state index in [0.717, 1.165) is 22.7 Å². The van der Waals surface area contributed by atoms with E-state index in [1.165, 1.54) is 0 Å². The number of methoxy groups -OCH3 is 1. The van der Waals surface area contributed by atoms with E-state index in [2.05, 4.69) is 16.5 Å². The van der Waals surface area contributed by atoms with Crippen LogP contribution in [0.2, 0.25) is 0 Å². The Hall–Kier alpha value is -2.48. The highest BCUT2D eigenvalue weighted by Crippen LogP contribution is 2.22. The average molecular weight is 256 g/mol. The number of ether oxygens (including phenoxy) is 1. The molecule has 1 heterocycles. The fraction of sp³-hybridized carbons (Fsp3) is 0.286. The minimum absolute atomic E-state index is 0.415. The number of benzene rings is 1. The lowest BCUT2D eigenvalue weighted by molar-refractivity contribution is 0.415. The zero-order valence-electron chi connectivity index (χ0n) is 11.2. The number of rotatable bonds is 4. The van der Waals surface area contributed by atoms with E-state index in [0.29, 0.717) is 0 Å². The van der Waals surface area contributed by atoms with Gasteiger partial charge >= 0.3 is 0 Å². The summed E-state index contributed by atoms with van der Waals surface area (Å²) in [6, 6.07) is 9.31. The van der Waals surface area contributed by atoms with Crippen molar-refractivity contribution in [1.82, 2.24) is 9.78 Å². The number of nitriles is 1. The van der Waals surface area contributed by atoms with Gasteiger partial charge in [-0.3, -0.25) is 4.68 Å². The van der Waals surface area contributed by atoms with Crippen LogP contribution in [0.4, 0.5) is 5.69 Å². The van der Waals surface area contributed by atoms with Gasteiger partial charge in [0.1, 0.15) is 11.8 Å². The molecule has 1 atom stereocenters. The van der Waals surface area contributed by atoms with Crippen molar-refractivity contribution in [3.63, 3.8) is 0 Å². The summed E-state index contributed by atoms with van der Waals surface area (Å²) in [6.45, 7) is 1.90. The van der Waals surface area contributed by atoms with Crippen LogP contribution in [0.3, 0.4) is 0 Å². The Kier molecular flexibility index (Phi) is 3.71. The fourth-order valence-electron chi connectivity index (χ4n) is 1.93. The zero-order chi connectivity index (χ0) is 13.8. The Morgan fingerprint density at radius 2 is 2.05 bits per heavy atom. The van der Waals surface area contributed by atoms with Crippen LogP contribution in [-0.2, 0) is 7.05 Å². The van der Waals surface area contributed by atoms with Gasteiger partial charge < -0.3 is 10.1 Å². The van der Waals surface area contributed by atoms with E-state index >= 15 is 0 Å². The molecule has 5 heteroatoms. The molecule has 1 aromatic carbocycles. The molecule has 5 nitrogen and oxygen atoms in total. The van der Waals surface area contributed by atoms with Gasteiger partial charge in [0, 0.05) is 24.5 Å². The van der Waals surface area contributed by atoms with Crippen LogP contribution < -0.4 is 10.1 Å². The highest BCUT2D eigenvalue weighted by molar-refractivity contribution is 5.50. The van der Waals surface area contributed by atoms with Crippen molar-refractivity contribution >= 4 is 5.69 Å².